The second kappa shape index (κ2) is 16.2. The highest BCUT2D eigenvalue weighted by Crippen LogP contribution is 2.27. The number of aliphatic hydroxyl groups excluding tert-OH is 4. The van der Waals surface area contributed by atoms with E-state index >= 15 is 0 Å². The molecule has 0 spiro atoms. The lowest BCUT2D eigenvalue weighted by atomic mass is 9.99. The predicted molar refractivity (Wildman–Crippen MR) is 183 cm³/mol. The standard InChI is InChI=1S/C40H34N2O7/c43-26-35-36(44)37(45)38(46)40(49-35)48-25-24-47-39-31(14-12-27-6-1-3-10-33(27)29-16-20-41-21-17-29)8-5-9-32(39)15-13-28-7-2-4-11-34(28)30-18-22-42-23-19-30/h1-11,16-23,35-38,40,43-46H,24-26H2/t35-,36-,37+,38-,40-/m1/s1. The van der Waals surface area contributed by atoms with Gasteiger partial charge in [0.2, 0.25) is 0 Å². The van der Waals surface area contributed by atoms with Crippen molar-refractivity contribution in [3.05, 3.63) is 138 Å². The third-order valence-corrected chi connectivity index (χ3v) is 7.98. The fourth-order valence-corrected chi connectivity index (χ4v) is 5.42. The fourth-order valence-electron chi connectivity index (χ4n) is 5.42. The predicted octanol–water partition coefficient (Wildman–Crippen LogP) is 3.81. The SMILES string of the molecule is OC[C@H]1O[C@@H](OCCOc2c(C#Cc3ccccc3-c3ccncc3)cccc2C#Cc2ccccc2-c2ccncc2)[C@H](O)[C@@H](O)[C@@H]1O. The van der Waals surface area contributed by atoms with Crippen LogP contribution in [-0.4, -0.2) is 80.9 Å². The summed E-state index contributed by atoms with van der Waals surface area (Å²) >= 11 is 0. The van der Waals surface area contributed by atoms with Crippen molar-refractivity contribution in [3.63, 3.8) is 0 Å². The quantitative estimate of drug-likeness (QED) is 0.146. The minimum atomic E-state index is -1.54. The molecular formula is C40H34N2O7. The highest BCUT2D eigenvalue weighted by atomic mass is 16.7. The van der Waals surface area contributed by atoms with Crippen molar-refractivity contribution in [2.24, 2.45) is 0 Å². The second-order valence-corrected chi connectivity index (χ2v) is 11.2. The monoisotopic (exact) mass is 654 g/mol. The number of pyridine rings is 2. The Bertz CT molecular complexity index is 1860. The smallest absolute Gasteiger partial charge is 0.186 e. The summed E-state index contributed by atoms with van der Waals surface area (Å²) in [6.07, 6.45) is 0.0850. The molecule has 0 bridgehead atoms. The van der Waals surface area contributed by atoms with E-state index in [-0.39, 0.29) is 13.2 Å². The van der Waals surface area contributed by atoms with Crippen LogP contribution in [0.4, 0.5) is 0 Å². The summed E-state index contributed by atoms with van der Waals surface area (Å²) in [5, 5.41) is 40.1. The van der Waals surface area contributed by atoms with Crippen molar-refractivity contribution in [1.82, 2.24) is 9.97 Å². The first-order valence-electron chi connectivity index (χ1n) is 15.7. The van der Waals surface area contributed by atoms with Crippen LogP contribution in [0.15, 0.2) is 116 Å². The van der Waals surface area contributed by atoms with Gasteiger partial charge in [0.15, 0.2) is 12.0 Å². The summed E-state index contributed by atoms with van der Waals surface area (Å²) in [5.41, 5.74) is 6.79. The van der Waals surface area contributed by atoms with Crippen LogP contribution in [0.25, 0.3) is 22.3 Å². The summed E-state index contributed by atoms with van der Waals surface area (Å²) in [6.45, 7) is -0.583. The normalized spacial score (nSPS) is 20.0. The molecule has 2 aromatic heterocycles. The van der Waals surface area contributed by atoms with Crippen molar-refractivity contribution < 1.29 is 34.6 Å². The van der Waals surface area contributed by atoms with Crippen molar-refractivity contribution in [1.29, 1.82) is 0 Å². The molecule has 1 fully saturated rings. The van der Waals surface area contributed by atoms with Gasteiger partial charge >= 0.3 is 0 Å². The molecule has 246 valence electrons. The maximum absolute atomic E-state index is 10.4. The van der Waals surface area contributed by atoms with Gasteiger partial charge in [-0.2, -0.15) is 0 Å². The molecule has 9 heteroatoms. The number of aliphatic hydroxyl groups is 4. The van der Waals surface area contributed by atoms with Crippen LogP contribution < -0.4 is 4.74 Å². The maximum atomic E-state index is 10.4. The Morgan fingerprint density at radius 1 is 0.571 bits per heavy atom. The highest BCUT2D eigenvalue weighted by molar-refractivity contribution is 5.73. The van der Waals surface area contributed by atoms with Crippen molar-refractivity contribution >= 4 is 0 Å². The van der Waals surface area contributed by atoms with Crippen LogP contribution in [0.5, 0.6) is 5.75 Å². The number of hydrogen-bond acceptors (Lipinski definition) is 9. The van der Waals surface area contributed by atoms with Gasteiger partial charge in [-0.3, -0.25) is 9.97 Å². The van der Waals surface area contributed by atoms with Gasteiger partial charge in [0.25, 0.3) is 0 Å². The molecule has 3 aromatic carbocycles. The van der Waals surface area contributed by atoms with E-state index in [9.17, 15) is 20.4 Å². The average molecular weight is 655 g/mol. The number of rotatable bonds is 8. The fraction of sp³-hybridized carbons (Fsp3) is 0.200. The van der Waals surface area contributed by atoms with Gasteiger partial charge < -0.3 is 34.6 Å². The van der Waals surface area contributed by atoms with Crippen molar-refractivity contribution in [2.75, 3.05) is 19.8 Å². The molecule has 1 saturated heterocycles. The summed E-state index contributed by atoms with van der Waals surface area (Å²) in [7, 11) is 0. The van der Waals surface area contributed by atoms with E-state index in [1.54, 1.807) is 24.8 Å². The van der Waals surface area contributed by atoms with E-state index in [1.165, 1.54) is 0 Å². The summed E-state index contributed by atoms with van der Waals surface area (Å²) in [4.78, 5) is 8.25. The number of para-hydroxylation sites is 1. The molecular weight excluding hydrogens is 620 g/mol. The minimum absolute atomic E-state index is 0.0175. The molecule has 0 radical (unpaired) electrons. The topological polar surface area (TPSA) is 134 Å². The lowest BCUT2D eigenvalue weighted by molar-refractivity contribution is -0.301. The zero-order valence-corrected chi connectivity index (χ0v) is 26.4. The Balaban J connectivity index is 1.30. The van der Waals surface area contributed by atoms with Crippen LogP contribution in [0.1, 0.15) is 22.3 Å². The van der Waals surface area contributed by atoms with Gasteiger partial charge in [-0.15, -0.1) is 0 Å². The van der Waals surface area contributed by atoms with Gasteiger partial charge in [-0.05, 0) is 70.8 Å². The van der Waals surface area contributed by atoms with Crippen LogP contribution in [0.2, 0.25) is 0 Å². The van der Waals surface area contributed by atoms with Gasteiger partial charge in [0.05, 0.1) is 24.3 Å². The number of aromatic nitrogens is 2. The molecule has 4 N–H and O–H groups in total. The van der Waals surface area contributed by atoms with E-state index in [0.29, 0.717) is 16.9 Å². The summed E-state index contributed by atoms with van der Waals surface area (Å²) < 4.78 is 17.4. The Labute approximate surface area is 284 Å². The zero-order chi connectivity index (χ0) is 34.0. The van der Waals surface area contributed by atoms with Crippen molar-refractivity contribution in [2.45, 2.75) is 30.7 Å². The molecule has 1 aliphatic heterocycles. The first kappa shape index (κ1) is 33.5. The van der Waals surface area contributed by atoms with E-state index in [4.69, 9.17) is 14.2 Å². The molecule has 5 atom stereocenters. The molecule has 3 heterocycles. The number of hydrogen-bond donors (Lipinski definition) is 4. The molecule has 0 unspecified atom stereocenters. The van der Waals surface area contributed by atoms with E-state index in [2.05, 4.69) is 33.6 Å². The number of nitrogens with zero attached hydrogens (tertiary/aromatic N) is 2. The number of benzene rings is 3. The van der Waals surface area contributed by atoms with Crippen LogP contribution in [-0.2, 0) is 9.47 Å². The Morgan fingerprint density at radius 2 is 1.06 bits per heavy atom. The Kier molecular flexibility index (Phi) is 11.1. The molecule has 6 rings (SSSR count). The third kappa shape index (κ3) is 8.03. The molecule has 5 aromatic rings. The summed E-state index contributed by atoms with van der Waals surface area (Å²) in [6, 6.07) is 29.0. The van der Waals surface area contributed by atoms with Gasteiger partial charge in [0.1, 0.15) is 31.0 Å². The highest BCUT2D eigenvalue weighted by Gasteiger charge is 2.44. The van der Waals surface area contributed by atoms with Crippen LogP contribution >= 0.6 is 0 Å². The molecule has 1 aliphatic rings. The first-order valence-corrected chi connectivity index (χ1v) is 15.7. The molecule has 49 heavy (non-hydrogen) atoms. The summed E-state index contributed by atoms with van der Waals surface area (Å²) in [5.74, 6) is 13.6. The lowest BCUT2D eigenvalue weighted by Gasteiger charge is -2.39. The first-order chi connectivity index (χ1) is 24.0. The van der Waals surface area contributed by atoms with E-state index in [1.807, 2.05) is 91.0 Å². The molecule has 0 amide bonds. The van der Waals surface area contributed by atoms with E-state index < -0.39 is 37.3 Å². The van der Waals surface area contributed by atoms with Gasteiger partial charge in [-0.25, -0.2) is 0 Å². The second-order valence-electron chi connectivity index (χ2n) is 11.2. The zero-order valence-electron chi connectivity index (χ0n) is 26.4. The van der Waals surface area contributed by atoms with Crippen molar-refractivity contribution in [3.8, 4) is 51.7 Å². The van der Waals surface area contributed by atoms with Crippen LogP contribution in [0.3, 0.4) is 0 Å². The number of ether oxygens (including phenoxy) is 3. The maximum Gasteiger partial charge on any atom is 0.186 e. The van der Waals surface area contributed by atoms with Gasteiger partial charge in [-0.1, -0.05) is 66.1 Å². The largest absolute Gasteiger partial charge is 0.489 e. The Morgan fingerprint density at radius 3 is 1.59 bits per heavy atom. The Hall–Kier alpha value is -5.36. The third-order valence-electron chi connectivity index (χ3n) is 7.98. The lowest BCUT2D eigenvalue weighted by Crippen LogP contribution is -2.59. The molecule has 0 saturated carbocycles. The average Bonchev–Trinajstić information content (AvgIpc) is 3.16. The van der Waals surface area contributed by atoms with E-state index in [0.717, 1.165) is 33.4 Å². The molecule has 9 nitrogen and oxygen atoms in total. The minimum Gasteiger partial charge on any atom is -0.489 e. The van der Waals surface area contributed by atoms with Gasteiger partial charge in [0, 0.05) is 35.9 Å². The molecule has 0 aliphatic carbocycles. The van der Waals surface area contributed by atoms with Crippen LogP contribution in [0, 0.1) is 23.7 Å².